The van der Waals surface area contributed by atoms with E-state index < -0.39 is 0 Å². The Labute approximate surface area is 159 Å². The maximum atomic E-state index is 12.1. The van der Waals surface area contributed by atoms with Gasteiger partial charge >= 0.3 is 6.09 Å². The van der Waals surface area contributed by atoms with E-state index in [9.17, 15) is 4.79 Å². The number of ether oxygens (including phenoxy) is 2. The van der Waals surface area contributed by atoms with Gasteiger partial charge in [-0.2, -0.15) is 0 Å². The summed E-state index contributed by atoms with van der Waals surface area (Å²) >= 11 is 5.98. The van der Waals surface area contributed by atoms with Crippen molar-refractivity contribution in [3.63, 3.8) is 0 Å². The Kier molecular flexibility index (Phi) is 6.01. The molecule has 6 heteroatoms. The summed E-state index contributed by atoms with van der Waals surface area (Å²) in [6.07, 6.45) is 0.473. The van der Waals surface area contributed by atoms with Gasteiger partial charge in [0.1, 0.15) is 18.5 Å². The van der Waals surface area contributed by atoms with Crippen LogP contribution in [0.15, 0.2) is 48.5 Å². The lowest BCUT2D eigenvalue weighted by molar-refractivity contribution is 0.131. The molecule has 1 aliphatic rings. The Morgan fingerprint density at radius 1 is 1.23 bits per heavy atom. The van der Waals surface area contributed by atoms with Crippen LogP contribution in [0.3, 0.4) is 0 Å². The van der Waals surface area contributed by atoms with Crippen LogP contribution in [-0.2, 0) is 11.3 Å². The quantitative estimate of drug-likeness (QED) is 0.728. The smallest absolute Gasteiger partial charge is 0.414 e. The van der Waals surface area contributed by atoms with Crippen molar-refractivity contribution in [2.45, 2.75) is 19.1 Å². The molecule has 0 aliphatic carbocycles. The number of halogens is 1. The van der Waals surface area contributed by atoms with Crippen molar-refractivity contribution in [2.75, 3.05) is 32.1 Å². The van der Waals surface area contributed by atoms with Gasteiger partial charge in [0, 0.05) is 17.3 Å². The number of rotatable bonds is 7. The number of anilines is 1. The second-order valence-electron chi connectivity index (χ2n) is 6.62. The van der Waals surface area contributed by atoms with Crippen LogP contribution < -0.4 is 9.64 Å². The topological polar surface area (TPSA) is 42.0 Å². The van der Waals surface area contributed by atoms with Gasteiger partial charge in [0.2, 0.25) is 0 Å². The number of carbonyl (C=O) groups is 1. The maximum Gasteiger partial charge on any atom is 0.414 e. The van der Waals surface area contributed by atoms with Crippen LogP contribution in [0.5, 0.6) is 5.75 Å². The summed E-state index contributed by atoms with van der Waals surface area (Å²) in [6, 6.07) is 15.1. The van der Waals surface area contributed by atoms with Gasteiger partial charge in [-0.25, -0.2) is 4.79 Å². The number of hydrogen-bond acceptors (Lipinski definition) is 4. The fourth-order valence-electron chi connectivity index (χ4n) is 2.80. The van der Waals surface area contributed by atoms with E-state index in [4.69, 9.17) is 21.1 Å². The number of nitrogens with zero attached hydrogens (tertiary/aromatic N) is 2. The summed E-state index contributed by atoms with van der Waals surface area (Å²) in [4.78, 5) is 15.9. The monoisotopic (exact) mass is 374 g/mol. The molecule has 1 amide bonds. The van der Waals surface area contributed by atoms with E-state index in [0.717, 1.165) is 30.0 Å². The molecule has 0 N–H and O–H groups in total. The molecule has 1 fully saturated rings. The van der Waals surface area contributed by atoms with E-state index in [1.807, 2.05) is 62.6 Å². The normalized spacial score (nSPS) is 16.8. The van der Waals surface area contributed by atoms with Crippen LogP contribution in [0, 0.1) is 0 Å². The minimum atomic E-state index is -0.290. The Bertz CT molecular complexity index is 749. The third-order valence-corrected chi connectivity index (χ3v) is 4.45. The lowest BCUT2D eigenvalue weighted by Crippen LogP contribution is -2.25. The molecule has 3 rings (SSSR count). The predicted molar refractivity (Wildman–Crippen MR) is 103 cm³/mol. The first-order valence-corrected chi connectivity index (χ1v) is 8.99. The van der Waals surface area contributed by atoms with Gasteiger partial charge in [0.15, 0.2) is 0 Å². The Balaban J connectivity index is 1.56. The first-order chi connectivity index (χ1) is 12.5. The zero-order chi connectivity index (χ0) is 18.5. The Morgan fingerprint density at radius 2 is 2.00 bits per heavy atom. The standard InChI is InChI=1S/C20H23ClN2O3/c1-22(2)11-10-19-13-23(20(24)26-19)17-6-8-18(9-7-17)25-14-15-4-3-5-16(21)12-15/h3-9,12,19H,10-11,13-14H2,1-2H3. The molecule has 0 saturated carbocycles. The third kappa shape index (κ3) is 4.90. The van der Waals surface area contributed by atoms with E-state index >= 15 is 0 Å². The van der Waals surface area contributed by atoms with Gasteiger partial charge < -0.3 is 14.4 Å². The van der Waals surface area contributed by atoms with Crippen molar-refractivity contribution in [2.24, 2.45) is 0 Å². The Morgan fingerprint density at radius 3 is 2.69 bits per heavy atom. The van der Waals surface area contributed by atoms with Crippen LogP contribution in [0.2, 0.25) is 5.02 Å². The summed E-state index contributed by atoms with van der Waals surface area (Å²) in [5.41, 5.74) is 1.82. The van der Waals surface area contributed by atoms with Crippen molar-refractivity contribution < 1.29 is 14.3 Å². The van der Waals surface area contributed by atoms with E-state index in [1.165, 1.54) is 0 Å². The van der Waals surface area contributed by atoms with Gasteiger partial charge in [-0.3, -0.25) is 4.90 Å². The van der Waals surface area contributed by atoms with E-state index in [2.05, 4.69) is 4.90 Å². The van der Waals surface area contributed by atoms with Gasteiger partial charge in [-0.05, 0) is 62.5 Å². The summed E-state index contributed by atoms with van der Waals surface area (Å²) in [5, 5.41) is 0.692. The number of carbonyl (C=O) groups excluding carboxylic acids is 1. The zero-order valence-electron chi connectivity index (χ0n) is 15.0. The average Bonchev–Trinajstić information content (AvgIpc) is 2.99. The number of amides is 1. The summed E-state index contributed by atoms with van der Waals surface area (Å²) in [7, 11) is 4.02. The zero-order valence-corrected chi connectivity index (χ0v) is 15.8. The molecule has 26 heavy (non-hydrogen) atoms. The highest BCUT2D eigenvalue weighted by Crippen LogP contribution is 2.25. The lowest BCUT2D eigenvalue weighted by Gasteiger charge is -2.15. The minimum Gasteiger partial charge on any atom is -0.489 e. The van der Waals surface area contributed by atoms with Crippen LogP contribution >= 0.6 is 11.6 Å². The first kappa shape index (κ1) is 18.5. The van der Waals surface area contributed by atoms with Gasteiger partial charge in [-0.15, -0.1) is 0 Å². The van der Waals surface area contributed by atoms with Gasteiger partial charge in [0.05, 0.1) is 6.54 Å². The SMILES string of the molecule is CN(C)CCC1CN(c2ccc(OCc3cccc(Cl)c3)cc2)C(=O)O1. The molecule has 2 aromatic rings. The maximum absolute atomic E-state index is 12.1. The molecule has 0 spiro atoms. The van der Waals surface area contributed by atoms with Crippen LogP contribution in [0.25, 0.3) is 0 Å². The molecule has 1 atom stereocenters. The summed E-state index contributed by atoms with van der Waals surface area (Å²) in [5.74, 6) is 0.741. The van der Waals surface area contributed by atoms with Crippen molar-refractivity contribution in [1.82, 2.24) is 4.90 Å². The highest BCUT2D eigenvalue weighted by atomic mass is 35.5. The molecule has 138 valence electrons. The van der Waals surface area contributed by atoms with Crippen LogP contribution in [-0.4, -0.2) is 44.3 Å². The van der Waals surface area contributed by atoms with Crippen LogP contribution in [0.1, 0.15) is 12.0 Å². The van der Waals surface area contributed by atoms with E-state index in [1.54, 1.807) is 4.90 Å². The molecular formula is C20H23ClN2O3. The molecule has 0 aromatic heterocycles. The van der Waals surface area contributed by atoms with Crippen molar-refractivity contribution >= 4 is 23.4 Å². The van der Waals surface area contributed by atoms with Crippen molar-refractivity contribution in [3.05, 3.63) is 59.1 Å². The van der Waals surface area contributed by atoms with Crippen molar-refractivity contribution in [1.29, 1.82) is 0 Å². The fourth-order valence-corrected chi connectivity index (χ4v) is 3.01. The molecule has 0 bridgehead atoms. The minimum absolute atomic E-state index is 0.0661. The second kappa shape index (κ2) is 8.43. The predicted octanol–water partition coefficient (Wildman–Crippen LogP) is 4.20. The van der Waals surface area contributed by atoms with Crippen LogP contribution in [0.4, 0.5) is 10.5 Å². The van der Waals surface area contributed by atoms with E-state index in [-0.39, 0.29) is 12.2 Å². The third-order valence-electron chi connectivity index (χ3n) is 4.22. The molecule has 1 unspecified atom stereocenters. The fraction of sp³-hybridized carbons (Fsp3) is 0.350. The Hall–Kier alpha value is -2.24. The molecule has 1 aliphatic heterocycles. The van der Waals surface area contributed by atoms with Gasteiger partial charge in [0.25, 0.3) is 0 Å². The molecule has 1 heterocycles. The first-order valence-electron chi connectivity index (χ1n) is 8.61. The van der Waals surface area contributed by atoms with E-state index in [0.29, 0.717) is 18.2 Å². The molecular weight excluding hydrogens is 352 g/mol. The lowest BCUT2D eigenvalue weighted by atomic mass is 10.2. The highest BCUT2D eigenvalue weighted by Gasteiger charge is 2.32. The molecule has 2 aromatic carbocycles. The second-order valence-corrected chi connectivity index (χ2v) is 7.06. The molecule has 0 radical (unpaired) electrons. The number of cyclic esters (lactones) is 1. The largest absolute Gasteiger partial charge is 0.489 e. The number of benzene rings is 2. The molecule has 5 nitrogen and oxygen atoms in total. The number of hydrogen-bond donors (Lipinski definition) is 0. The average molecular weight is 375 g/mol. The highest BCUT2D eigenvalue weighted by molar-refractivity contribution is 6.30. The van der Waals surface area contributed by atoms with Gasteiger partial charge in [-0.1, -0.05) is 23.7 Å². The summed E-state index contributed by atoms with van der Waals surface area (Å²) < 4.78 is 11.2. The molecule has 1 saturated heterocycles. The van der Waals surface area contributed by atoms with Crippen molar-refractivity contribution in [3.8, 4) is 5.75 Å². The summed E-state index contributed by atoms with van der Waals surface area (Å²) in [6.45, 7) is 1.91.